The van der Waals surface area contributed by atoms with Crippen molar-refractivity contribution in [3.63, 3.8) is 0 Å². The molecule has 104 heavy (non-hydrogen) atoms. The fourth-order valence-electron chi connectivity index (χ4n) is 14.7. The fourth-order valence-corrected chi connectivity index (χ4v) is 16.3. The summed E-state index contributed by atoms with van der Waals surface area (Å²) in [6, 6.07) is 0. The first kappa shape index (κ1) is 104. The van der Waals surface area contributed by atoms with Crippen molar-refractivity contribution in [1.29, 1.82) is 0 Å². The lowest BCUT2D eigenvalue weighted by atomic mass is 9.91. The van der Waals surface area contributed by atoms with Gasteiger partial charge < -0.3 is 33.8 Å². The standard InChI is InChI=1S/C89H182O13P2/c1-71(2)33-21-37-75(9)41-25-45-79(13)49-29-53-83(17)57-61-95-67-88(97-63-59-85(19)55-31-51-81(15)47-27-43-77(11)39-23-35-73(5)6)69-101-103(91,92)99-65-87(90)66-100-104(93,94)102-70-89(98-64-60-86(20)56-32-52-82(16)48-28-44-78(12)40-24-36-74(7)8)68-96-62-58-84(18)54-30-50-80(14)46-26-42-76(10)38-22-34-72(3)4/h71-90H,21-70H2,1-20H3,(H,91,92)(H,93,94)/t75?,76?,77?,78?,79?,80?,81?,82?,83?,84?,85?,86?,87?,88-,89-/m1/s1. The normalized spacial score (nSPS) is 18.1. The first-order valence-electron chi connectivity index (χ1n) is 44.5. The summed E-state index contributed by atoms with van der Waals surface area (Å²) >= 11 is 0. The second-order valence-corrected chi connectivity index (χ2v) is 40.0. The van der Waals surface area contributed by atoms with Gasteiger partial charge in [0.15, 0.2) is 0 Å². The highest BCUT2D eigenvalue weighted by atomic mass is 31.2. The molecule has 0 radical (unpaired) electrons. The molecular weight excluding hydrogens is 1340 g/mol. The van der Waals surface area contributed by atoms with Crippen molar-refractivity contribution < 1.29 is 61.1 Å². The molecule has 0 saturated carbocycles. The summed E-state index contributed by atoms with van der Waals surface area (Å²) in [6.45, 7) is 47.5. The third-order valence-corrected chi connectivity index (χ3v) is 24.7. The van der Waals surface area contributed by atoms with Crippen LogP contribution in [0, 0.1) is 94.7 Å². The first-order valence-corrected chi connectivity index (χ1v) is 47.5. The van der Waals surface area contributed by atoms with Crippen LogP contribution in [0.4, 0.5) is 0 Å². The molecule has 14 unspecified atom stereocenters. The Balaban J connectivity index is 5.52. The molecule has 3 N–H and O–H groups in total. The van der Waals surface area contributed by atoms with E-state index in [1.54, 1.807) is 0 Å². The third-order valence-electron chi connectivity index (χ3n) is 22.8. The second kappa shape index (κ2) is 66.5. The maximum absolute atomic E-state index is 13.3. The van der Waals surface area contributed by atoms with Gasteiger partial charge in [-0.2, -0.15) is 0 Å². The van der Waals surface area contributed by atoms with Crippen molar-refractivity contribution in [3.8, 4) is 0 Å². The number of hydrogen-bond donors (Lipinski definition) is 3. The van der Waals surface area contributed by atoms with E-state index in [0.29, 0.717) is 50.1 Å². The van der Waals surface area contributed by atoms with Crippen molar-refractivity contribution in [2.24, 2.45) is 94.7 Å². The van der Waals surface area contributed by atoms with E-state index >= 15 is 0 Å². The Labute approximate surface area is 647 Å². The Morgan fingerprint density at radius 1 is 0.221 bits per heavy atom. The number of phosphoric ester groups is 2. The topological polar surface area (TPSA) is 169 Å². The zero-order valence-electron chi connectivity index (χ0n) is 72.6. The van der Waals surface area contributed by atoms with Crippen molar-refractivity contribution in [3.05, 3.63) is 0 Å². The van der Waals surface area contributed by atoms with E-state index < -0.39 is 47.2 Å². The molecule has 0 saturated heterocycles. The molecule has 0 aliphatic rings. The minimum atomic E-state index is -4.71. The maximum atomic E-state index is 13.3. The maximum Gasteiger partial charge on any atom is 0.472 e. The van der Waals surface area contributed by atoms with Gasteiger partial charge >= 0.3 is 15.6 Å². The van der Waals surface area contributed by atoms with Crippen LogP contribution in [-0.4, -0.2) is 99.3 Å². The summed E-state index contributed by atoms with van der Waals surface area (Å²) < 4.78 is 73.2. The zero-order chi connectivity index (χ0) is 78.0. The van der Waals surface area contributed by atoms with Gasteiger partial charge in [0.25, 0.3) is 0 Å². The molecule has 0 aromatic heterocycles. The van der Waals surface area contributed by atoms with E-state index in [1.165, 1.54) is 205 Å². The van der Waals surface area contributed by atoms with Gasteiger partial charge in [-0.1, -0.05) is 370 Å². The van der Waals surface area contributed by atoms with Crippen LogP contribution >= 0.6 is 15.6 Å². The molecule has 0 amide bonds. The largest absolute Gasteiger partial charge is 0.472 e. The summed E-state index contributed by atoms with van der Waals surface area (Å²) in [4.78, 5) is 21.7. The Bertz CT molecular complexity index is 1830. The molecule has 0 heterocycles. The van der Waals surface area contributed by atoms with Crippen LogP contribution in [0.1, 0.15) is 395 Å². The average Bonchev–Trinajstić information content (AvgIpc) is 0.903. The molecule has 0 aromatic carbocycles. The lowest BCUT2D eigenvalue weighted by Crippen LogP contribution is -2.28. The molecule has 0 bridgehead atoms. The average molecular weight is 1520 g/mol. The number of ether oxygens (including phenoxy) is 4. The van der Waals surface area contributed by atoms with Gasteiger partial charge in [-0.05, 0) is 120 Å². The molecule has 0 fully saturated rings. The molecule has 16 atom stereocenters. The molecule has 0 aliphatic heterocycles. The quantitative estimate of drug-likeness (QED) is 0.0389. The van der Waals surface area contributed by atoms with Gasteiger partial charge in [0, 0.05) is 26.4 Å². The number of aliphatic hydroxyl groups is 1. The van der Waals surface area contributed by atoms with E-state index in [1.807, 2.05) is 0 Å². The summed E-state index contributed by atoms with van der Waals surface area (Å²) in [6.07, 6.45) is 46.9. The Morgan fingerprint density at radius 3 is 0.577 bits per heavy atom. The molecular formula is C89H182O13P2. The lowest BCUT2D eigenvalue weighted by molar-refractivity contribution is -0.0513. The Kier molecular flexibility index (Phi) is 66.5. The van der Waals surface area contributed by atoms with Gasteiger partial charge in [-0.3, -0.25) is 18.1 Å². The highest BCUT2D eigenvalue weighted by molar-refractivity contribution is 7.47. The molecule has 13 nitrogen and oxygen atoms in total. The highest BCUT2D eigenvalue weighted by Gasteiger charge is 2.29. The number of rotatable bonds is 78. The van der Waals surface area contributed by atoms with E-state index in [2.05, 4.69) is 138 Å². The molecule has 0 aromatic rings. The van der Waals surface area contributed by atoms with Gasteiger partial charge in [0.1, 0.15) is 18.3 Å². The summed E-state index contributed by atoms with van der Waals surface area (Å²) in [7, 11) is -9.43. The first-order chi connectivity index (χ1) is 49.2. The van der Waals surface area contributed by atoms with Gasteiger partial charge in [-0.15, -0.1) is 0 Å². The number of phosphoric acid groups is 2. The van der Waals surface area contributed by atoms with Crippen molar-refractivity contribution >= 4 is 15.6 Å². The molecule has 0 spiro atoms. The van der Waals surface area contributed by atoms with Crippen LogP contribution in [0.5, 0.6) is 0 Å². The van der Waals surface area contributed by atoms with Crippen LogP contribution < -0.4 is 0 Å². The molecule has 0 aliphatic carbocycles. The summed E-state index contributed by atoms with van der Waals surface area (Å²) in [5, 5.41) is 10.8. The summed E-state index contributed by atoms with van der Waals surface area (Å²) in [5.74, 6) is 11.3. The predicted molar refractivity (Wildman–Crippen MR) is 445 cm³/mol. The van der Waals surface area contributed by atoms with Crippen LogP contribution in [0.15, 0.2) is 0 Å². The smallest absolute Gasteiger partial charge is 0.388 e. The van der Waals surface area contributed by atoms with Crippen LogP contribution in [0.3, 0.4) is 0 Å². The van der Waals surface area contributed by atoms with Crippen molar-refractivity contribution in [2.45, 2.75) is 414 Å². The predicted octanol–water partition coefficient (Wildman–Crippen LogP) is 27.3. The van der Waals surface area contributed by atoms with Crippen LogP contribution in [0.25, 0.3) is 0 Å². The molecule has 15 heteroatoms. The van der Waals surface area contributed by atoms with E-state index in [0.717, 1.165) is 122 Å². The number of aliphatic hydroxyl groups excluding tert-OH is 1. The van der Waals surface area contributed by atoms with Crippen LogP contribution in [-0.2, 0) is 46.2 Å². The SMILES string of the molecule is CC(C)CCCC(C)CCCC(C)CCCC(C)CCOC[C@H](COP(=O)(O)OCC(O)COP(=O)(O)OC[C@@H](COCCC(C)CCCC(C)CCCC(C)CCCC(C)C)OCCC(C)CCCC(C)CCCC(C)CCCC(C)C)OCCC(C)CCCC(C)CCCC(C)CCCC(C)C. The monoisotopic (exact) mass is 1520 g/mol. The van der Waals surface area contributed by atoms with Gasteiger partial charge in [0.05, 0.1) is 39.6 Å². The van der Waals surface area contributed by atoms with Crippen molar-refractivity contribution in [1.82, 2.24) is 0 Å². The van der Waals surface area contributed by atoms with E-state index in [-0.39, 0.29) is 26.4 Å². The molecule has 626 valence electrons. The van der Waals surface area contributed by atoms with Gasteiger partial charge in [0.2, 0.25) is 0 Å². The minimum absolute atomic E-state index is 0.191. The van der Waals surface area contributed by atoms with Crippen molar-refractivity contribution in [2.75, 3.05) is 66.1 Å². The fraction of sp³-hybridized carbons (Fsp3) is 1.00. The van der Waals surface area contributed by atoms with Gasteiger partial charge in [-0.25, -0.2) is 9.13 Å². The minimum Gasteiger partial charge on any atom is -0.388 e. The van der Waals surface area contributed by atoms with Crippen LogP contribution in [0.2, 0.25) is 0 Å². The highest BCUT2D eigenvalue weighted by Crippen LogP contribution is 2.46. The zero-order valence-corrected chi connectivity index (χ0v) is 74.4. The lowest BCUT2D eigenvalue weighted by Gasteiger charge is -2.23. The van der Waals surface area contributed by atoms with E-state index in [4.69, 9.17) is 37.0 Å². The second-order valence-electron chi connectivity index (χ2n) is 37.1. The Morgan fingerprint density at radius 2 is 0.385 bits per heavy atom. The van der Waals surface area contributed by atoms with E-state index in [9.17, 15) is 24.0 Å². The third kappa shape index (κ3) is 69.9. The summed E-state index contributed by atoms with van der Waals surface area (Å²) in [5.41, 5.74) is 0. The number of hydrogen-bond acceptors (Lipinski definition) is 11. The molecule has 0 rings (SSSR count). The Hall–Kier alpha value is 0.0200.